The molecule has 31 valence electrons. The molecule has 0 radical (unpaired) electrons. The van der Waals surface area contributed by atoms with Gasteiger partial charge in [0.05, 0.1) is 0 Å². The van der Waals surface area contributed by atoms with E-state index in [0.29, 0.717) is 0 Å². The van der Waals surface area contributed by atoms with E-state index < -0.39 is 5.77 Å². The zero-order chi connectivity index (χ0) is 3.58. The minimum absolute atomic E-state index is 0. The van der Waals surface area contributed by atoms with E-state index in [1.165, 1.54) is 0 Å². The third kappa shape index (κ3) is 31.7. The Labute approximate surface area is 58.3 Å². The van der Waals surface area contributed by atoms with Crippen molar-refractivity contribution in [1.29, 1.82) is 0 Å². The van der Waals surface area contributed by atoms with Crippen LogP contribution in [0.5, 0.6) is 0 Å². The predicted octanol–water partition coefficient (Wildman–Crippen LogP) is -0.563. The molecule has 5 heteroatoms. The molecule has 0 fully saturated rings. The molecule has 0 aromatic rings. The average molecular weight is 284 g/mol. The maximum atomic E-state index is 9.04. The van der Waals surface area contributed by atoms with Crippen LogP contribution in [0.4, 0.5) is 0 Å². The Hall–Kier alpha value is 1.41. The van der Waals surface area contributed by atoms with Gasteiger partial charge < -0.3 is 0 Å². The van der Waals surface area contributed by atoms with Crippen molar-refractivity contribution in [1.82, 2.24) is 0 Å². The molecule has 2 nitrogen and oxygen atoms in total. The summed E-state index contributed by atoms with van der Waals surface area (Å²) < 4.78 is 18.1. The SMILES string of the molecule is O=[P](=O)[Mo].[SbH3]. The fourth-order valence-electron chi connectivity index (χ4n) is 0. The third-order valence-electron chi connectivity index (χ3n) is 0. The van der Waals surface area contributed by atoms with Crippen LogP contribution in [0, 0.1) is 0 Å². The van der Waals surface area contributed by atoms with Crippen molar-refractivity contribution in [2.75, 3.05) is 0 Å². The van der Waals surface area contributed by atoms with Crippen molar-refractivity contribution >= 4 is 30.2 Å². The molecule has 0 aromatic heterocycles. The van der Waals surface area contributed by atoms with Crippen LogP contribution in [-0.4, -0.2) is 24.4 Å². The number of hydrogen-bond acceptors (Lipinski definition) is 2. The Balaban J connectivity index is 0. The van der Waals surface area contributed by atoms with E-state index in [4.69, 9.17) is 9.13 Å². The van der Waals surface area contributed by atoms with Gasteiger partial charge in [-0.25, -0.2) is 0 Å². The van der Waals surface area contributed by atoms with Crippen molar-refractivity contribution in [3.8, 4) is 0 Å². The summed E-state index contributed by atoms with van der Waals surface area (Å²) >= 11 is 1.06. The second kappa shape index (κ2) is 5.41. The summed E-state index contributed by atoms with van der Waals surface area (Å²) in [5.74, 6) is -2.11. The van der Waals surface area contributed by atoms with Gasteiger partial charge in [0.1, 0.15) is 0 Å². The zero-order valence-corrected chi connectivity index (χ0v) is 9.32. The average Bonchev–Trinajstić information content (AvgIpc) is 0.811. The molecule has 0 rings (SSSR count). The van der Waals surface area contributed by atoms with E-state index >= 15 is 0 Å². The van der Waals surface area contributed by atoms with Crippen LogP contribution in [0.1, 0.15) is 0 Å². The summed E-state index contributed by atoms with van der Waals surface area (Å²) in [4.78, 5) is 0. The number of rotatable bonds is 0. The summed E-state index contributed by atoms with van der Waals surface area (Å²) in [6, 6.07) is 0. The van der Waals surface area contributed by atoms with Crippen LogP contribution in [0.25, 0.3) is 0 Å². The van der Waals surface area contributed by atoms with Gasteiger partial charge in [-0.3, -0.25) is 0 Å². The molecular weight excluding hydrogens is 281 g/mol. The van der Waals surface area contributed by atoms with E-state index in [9.17, 15) is 0 Å². The van der Waals surface area contributed by atoms with Crippen LogP contribution >= 0.6 is 5.77 Å². The molecule has 0 aliphatic heterocycles. The van der Waals surface area contributed by atoms with Gasteiger partial charge in [0, 0.05) is 0 Å². The van der Waals surface area contributed by atoms with Crippen LogP contribution in [0.15, 0.2) is 0 Å². The molecule has 0 amide bonds. The molecule has 0 saturated heterocycles. The van der Waals surface area contributed by atoms with Crippen LogP contribution in [0.2, 0.25) is 0 Å². The molecule has 0 heterocycles. The second-order valence-electron chi connectivity index (χ2n) is 0.224. The first-order valence-corrected chi connectivity index (χ1v) is 4.34. The van der Waals surface area contributed by atoms with Crippen molar-refractivity contribution < 1.29 is 28.4 Å². The minimum atomic E-state index is -2.11. The van der Waals surface area contributed by atoms with Gasteiger partial charge >= 0.3 is 58.6 Å². The third-order valence-corrected chi connectivity index (χ3v) is 0. The number of hydrogen-bond donors (Lipinski definition) is 0. The van der Waals surface area contributed by atoms with Gasteiger partial charge in [-0.05, 0) is 0 Å². The molecule has 0 saturated carbocycles. The van der Waals surface area contributed by atoms with E-state index in [1.807, 2.05) is 0 Å². The van der Waals surface area contributed by atoms with Crippen molar-refractivity contribution in [3.05, 3.63) is 0 Å². The zero-order valence-electron chi connectivity index (χ0n) is 2.38. The molecule has 0 bridgehead atoms. The summed E-state index contributed by atoms with van der Waals surface area (Å²) in [7, 11) is 0. The molecule has 0 aliphatic rings. The predicted molar refractivity (Wildman–Crippen MR) is 18.2 cm³/mol. The summed E-state index contributed by atoms with van der Waals surface area (Å²) in [5, 5.41) is 0. The van der Waals surface area contributed by atoms with E-state index in [0.717, 1.165) is 19.3 Å². The Morgan fingerprint density at radius 3 is 1.40 bits per heavy atom. The van der Waals surface area contributed by atoms with Gasteiger partial charge in [0.25, 0.3) is 0 Å². The van der Waals surface area contributed by atoms with Crippen LogP contribution in [-0.2, 0) is 28.4 Å². The molecule has 0 atom stereocenters. The standard InChI is InChI=1S/Mo.O2P.Sb.3H/c;1-3-2;;;;. The molecule has 0 aliphatic carbocycles. The van der Waals surface area contributed by atoms with Crippen molar-refractivity contribution in [2.24, 2.45) is 0 Å². The van der Waals surface area contributed by atoms with Crippen molar-refractivity contribution in [2.45, 2.75) is 0 Å². The molecule has 0 unspecified atom stereocenters. The van der Waals surface area contributed by atoms with Crippen LogP contribution in [0.3, 0.4) is 0 Å². The van der Waals surface area contributed by atoms with Gasteiger partial charge in [0.2, 0.25) is 0 Å². The Kier molecular flexibility index (Phi) is 10.4. The van der Waals surface area contributed by atoms with Gasteiger partial charge in [0.15, 0.2) is 0 Å². The van der Waals surface area contributed by atoms with Gasteiger partial charge in [-0.2, -0.15) is 0 Å². The normalized spacial score (nSPS) is 4.80. The summed E-state index contributed by atoms with van der Waals surface area (Å²) in [5.41, 5.74) is 0. The van der Waals surface area contributed by atoms with Gasteiger partial charge in [-0.15, -0.1) is 0 Å². The first-order valence-electron chi connectivity index (χ1n) is 0.548. The fraction of sp³-hybridized carbons (Fsp3) is 0. The monoisotopic (exact) mass is 285 g/mol. The molecule has 0 N–H and O–H groups in total. The Bertz CT molecular complexity index is 58.0. The topological polar surface area (TPSA) is 34.1 Å². The Morgan fingerprint density at radius 2 is 1.40 bits per heavy atom. The molecule has 0 spiro atoms. The molecule has 5 heavy (non-hydrogen) atoms. The van der Waals surface area contributed by atoms with Crippen LogP contribution < -0.4 is 0 Å². The van der Waals surface area contributed by atoms with E-state index in [2.05, 4.69) is 0 Å². The Morgan fingerprint density at radius 1 is 1.40 bits per heavy atom. The molecular formula is H3MoO2PSb. The summed E-state index contributed by atoms with van der Waals surface area (Å²) in [6.07, 6.45) is 0. The molecule has 0 aromatic carbocycles. The first kappa shape index (κ1) is 9.64. The fourth-order valence-corrected chi connectivity index (χ4v) is 0. The quantitative estimate of drug-likeness (QED) is 0.441. The first-order chi connectivity index (χ1) is 1.73. The van der Waals surface area contributed by atoms with Gasteiger partial charge in [-0.1, -0.05) is 0 Å². The van der Waals surface area contributed by atoms with E-state index in [-0.39, 0.29) is 24.4 Å². The second-order valence-corrected chi connectivity index (χ2v) is 2.87. The van der Waals surface area contributed by atoms with Crippen molar-refractivity contribution in [3.63, 3.8) is 0 Å². The van der Waals surface area contributed by atoms with E-state index in [1.54, 1.807) is 0 Å². The maximum absolute atomic E-state index is 9.04. The summed E-state index contributed by atoms with van der Waals surface area (Å²) in [6.45, 7) is 0.